The average Bonchev–Trinajstić information content (AvgIpc) is 2.75. The molecule has 0 bridgehead atoms. The normalized spacial score (nSPS) is 10.9. The van der Waals surface area contributed by atoms with Gasteiger partial charge < -0.3 is 5.11 Å². The molecule has 3 aromatic rings. The predicted octanol–water partition coefficient (Wildman–Crippen LogP) is 2.64. The minimum absolute atomic E-state index is 0.0218. The molecule has 4 nitrogen and oxygen atoms in total. The average molecular weight is 225 g/mol. The zero-order chi connectivity index (χ0) is 11.8. The lowest BCUT2D eigenvalue weighted by Crippen LogP contribution is -1.87. The largest absolute Gasteiger partial charge is 0.492 e. The van der Waals surface area contributed by atoms with Crippen LogP contribution in [-0.4, -0.2) is 20.3 Å². The molecule has 84 valence electrons. The molecule has 0 aliphatic heterocycles. The Bertz CT molecular complexity index is 688. The number of hydrogen-bond acceptors (Lipinski definition) is 3. The van der Waals surface area contributed by atoms with Crippen molar-refractivity contribution in [1.29, 1.82) is 0 Å². The smallest absolute Gasteiger partial charge is 0.230 e. The van der Waals surface area contributed by atoms with E-state index >= 15 is 0 Å². The summed E-state index contributed by atoms with van der Waals surface area (Å²) in [5, 5.41) is 17.9. The molecule has 0 spiro atoms. The van der Waals surface area contributed by atoms with Gasteiger partial charge in [0.25, 0.3) is 0 Å². The molecule has 0 amide bonds. The molecule has 2 heterocycles. The van der Waals surface area contributed by atoms with Gasteiger partial charge in [-0.1, -0.05) is 17.7 Å². The highest BCUT2D eigenvalue weighted by Gasteiger charge is 2.08. The van der Waals surface area contributed by atoms with E-state index in [1.54, 1.807) is 12.3 Å². The Morgan fingerprint density at radius 2 is 2.06 bits per heavy atom. The third-order valence-corrected chi connectivity index (χ3v) is 2.74. The van der Waals surface area contributed by atoms with Gasteiger partial charge >= 0.3 is 0 Å². The molecule has 2 N–H and O–H groups in total. The minimum Gasteiger partial charge on any atom is -0.492 e. The molecule has 17 heavy (non-hydrogen) atoms. The molecule has 0 aliphatic rings. The van der Waals surface area contributed by atoms with Crippen molar-refractivity contribution in [2.75, 3.05) is 0 Å². The van der Waals surface area contributed by atoms with Crippen LogP contribution in [0.15, 0.2) is 36.5 Å². The van der Waals surface area contributed by atoms with Gasteiger partial charge in [0.15, 0.2) is 0 Å². The van der Waals surface area contributed by atoms with Gasteiger partial charge in [0, 0.05) is 17.6 Å². The quantitative estimate of drug-likeness (QED) is 0.669. The van der Waals surface area contributed by atoms with Crippen LogP contribution in [0.1, 0.15) is 5.56 Å². The van der Waals surface area contributed by atoms with E-state index in [1.807, 2.05) is 13.0 Å². The third kappa shape index (κ3) is 1.63. The van der Waals surface area contributed by atoms with E-state index < -0.39 is 0 Å². The number of H-pyrrole nitrogens is 1. The maximum Gasteiger partial charge on any atom is 0.230 e. The van der Waals surface area contributed by atoms with E-state index in [4.69, 9.17) is 0 Å². The Kier molecular flexibility index (Phi) is 2.08. The van der Waals surface area contributed by atoms with Crippen molar-refractivity contribution in [1.82, 2.24) is 15.2 Å². The second-order valence-corrected chi connectivity index (χ2v) is 4.02. The summed E-state index contributed by atoms with van der Waals surface area (Å²) in [4.78, 5) is 4.35. The van der Waals surface area contributed by atoms with Gasteiger partial charge in [-0.25, -0.2) is 0 Å². The number of aromatic amines is 1. The molecule has 2 aromatic heterocycles. The Morgan fingerprint density at radius 1 is 1.18 bits per heavy atom. The summed E-state index contributed by atoms with van der Waals surface area (Å²) in [6.07, 6.45) is 1.75. The maximum absolute atomic E-state index is 9.27. The minimum atomic E-state index is -0.0218. The monoisotopic (exact) mass is 225 g/mol. The first-order valence-corrected chi connectivity index (χ1v) is 5.34. The van der Waals surface area contributed by atoms with Crippen LogP contribution in [0.2, 0.25) is 0 Å². The summed E-state index contributed by atoms with van der Waals surface area (Å²) >= 11 is 0. The Hall–Kier alpha value is -2.36. The van der Waals surface area contributed by atoms with E-state index in [0.29, 0.717) is 0 Å². The van der Waals surface area contributed by atoms with E-state index in [9.17, 15) is 5.11 Å². The van der Waals surface area contributed by atoms with Crippen molar-refractivity contribution in [3.8, 4) is 17.3 Å². The van der Waals surface area contributed by atoms with Crippen LogP contribution in [0.5, 0.6) is 5.88 Å². The van der Waals surface area contributed by atoms with Crippen LogP contribution < -0.4 is 0 Å². The summed E-state index contributed by atoms with van der Waals surface area (Å²) in [5.41, 5.74) is 2.70. The van der Waals surface area contributed by atoms with Crippen molar-refractivity contribution >= 4 is 10.8 Å². The fourth-order valence-electron chi connectivity index (χ4n) is 1.93. The SMILES string of the molecule is Cc1ccc2ccnc(-c3cc(O)n[nH]3)c2c1. The lowest BCUT2D eigenvalue weighted by molar-refractivity contribution is 0.452. The van der Waals surface area contributed by atoms with Gasteiger partial charge in [-0.3, -0.25) is 10.1 Å². The molecule has 1 aromatic carbocycles. The third-order valence-electron chi connectivity index (χ3n) is 2.74. The molecular weight excluding hydrogens is 214 g/mol. The highest BCUT2D eigenvalue weighted by atomic mass is 16.3. The van der Waals surface area contributed by atoms with Gasteiger partial charge in [-0.05, 0) is 24.4 Å². The Balaban J connectivity index is 2.32. The molecule has 3 rings (SSSR count). The zero-order valence-electron chi connectivity index (χ0n) is 9.31. The number of aromatic nitrogens is 3. The van der Waals surface area contributed by atoms with E-state index in [-0.39, 0.29) is 5.88 Å². The van der Waals surface area contributed by atoms with Gasteiger partial charge in [-0.15, -0.1) is 5.10 Å². The van der Waals surface area contributed by atoms with E-state index in [1.165, 1.54) is 5.56 Å². The highest BCUT2D eigenvalue weighted by Crippen LogP contribution is 2.27. The Labute approximate surface area is 97.9 Å². The predicted molar refractivity (Wildman–Crippen MR) is 65.7 cm³/mol. The summed E-state index contributed by atoms with van der Waals surface area (Å²) in [5.74, 6) is -0.0218. The molecular formula is C13H11N3O. The second-order valence-electron chi connectivity index (χ2n) is 4.02. The molecule has 0 unspecified atom stereocenters. The number of nitrogens with zero attached hydrogens (tertiary/aromatic N) is 2. The van der Waals surface area contributed by atoms with E-state index in [0.717, 1.165) is 22.2 Å². The molecule has 0 radical (unpaired) electrons. The number of nitrogens with one attached hydrogen (secondary N) is 1. The van der Waals surface area contributed by atoms with Crippen molar-refractivity contribution in [2.45, 2.75) is 6.92 Å². The van der Waals surface area contributed by atoms with Crippen LogP contribution >= 0.6 is 0 Å². The molecule has 0 fully saturated rings. The summed E-state index contributed by atoms with van der Waals surface area (Å²) < 4.78 is 0. The van der Waals surface area contributed by atoms with Crippen molar-refractivity contribution in [3.05, 3.63) is 42.1 Å². The van der Waals surface area contributed by atoms with Crippen molar-refractivity contribution in [3.63, 3.8) is 0 Å². The highest BCUT2D eigenvalue weighted by molar-refractivity contribution is 5.94. The van der Waals surface area contributed by atoms with Crippen LogP contribution in [0.25, 0.3) is 22.2 Å². The molecule has 0 saturated carbocycles. The number of aryl methyl sites for hydroxylation is 1. The number of hydrogen-bond donors (Lipinski definition) is 2. The number of aromatic hydroxyl groups is 1. The van der Waals surface area contributed by atoms with Crippen LogP contribution in [0.3, 0.4) is 0 Å². The molecule has 0 aliphatic carbocycles. The second kappa shape index (κ2) is 3.59. The summed E-state index contributed by atoms with van der Waals surface area (Å²) in [7, 11) is 0. The first-order valence-electron chi connectivity index (χ1n) is 5.34. The van der Waals surface area contributed by atoms with Crippen molar-refractivity contribution < 1.29 is 5.11 Å². The topological polar surface area (TPSA) is 61.8 Å². The molecule has 4 heteroatoms. The van der Waals surface area contributed by atoms with Crippen LogP contribution in [0, 0.1) is 6.92 Å². The fraction of sp³-hybridized carbons (Fsp3) is 0.0769. The lowest BCUT2D eigenvalue weighted by Gasteiger charge is -2.04. The standard InChI is InChI=1S/C13H11N3O/c1-8-2-3-9-4-5-14-13(10(9)6-8)11-7-12(17)16-15-11/h2-7H,1H3,(H2,15,16,17). The summed E-state index contributed by atoms with van der Waals surface area (Å²) in [6.45, 7) is 2.04. The fourth-order valence-corrected chi connectivity index (χ4v) is 1.93. The van der Waals surface area contributed by atoms with Gasteiger partial charge in [0.05, 0.1) is 11.4 Å². The number of rotatable bonds is 1. The summed E-state index contributed by atoms with van der Waals surface area (Å²) in [6, 6.07) is 9.75. The van der Waals surface area contributed by atoms with Gasteiger partial charge in [0.1, 0.15) is 0 Å². The van der Waals surface area contributed by atoms with Crippen LogP contribution in [-0.2, 0) is 0 Å². The molecule has 0 atom stereocenters. The maximum atomic E-state index is 9.27. The first kappa shape index (κ1) is 9.84. The van der Waals surface area contributed by atoms with Gasteiger partial charge in [0.2, 0.25) is 5.88 Å². The Morgan fingerprint density at radius 3 is 2.82 bits per heavy atom. The number of benzene rings is 1. The van der Waals surface area contributed by atoms with Crippen LogP contribution in [0.4, 0.5) is 0 Å². The van der Waals surface area contributed by atoms with Gasteiger partial charge in [-0.2, -0.15) is 0 Å². The molecule has 0 saturated heterocycles. The lowest BCUT2D eigenvalue weighted by atomic mass is 10.1. The van der Waals surface area contributed by atoms with E-state index in [2.05, 4.69) is 33.4 Å². The zero-order valence-corrected chi connectivity index (χ0v) is 9.31. The number of pyridine rings is 1. The van der Waals surface area contributed by atoms with Crippen molar-refractivity contribution in [2.24, 2.45) is 0 Å². The first-order chi connectivity index (χ1) is 8.24. The number of fused-ring (bicyclic) bond motifs is 1.